The summed E-state index contributed by atoms with van der Waals surface area (Å²) in [5, 5.41) is 28.7. The third-order valence-corrected chi connectivity index (χ3v) is 28.0. The summed E-state index contributed by atoms with van der Waals surface area (Å²) < 4.78 is 19.4. The van der Waals surface area contributed by atoms with Crippen LogP contribution in [0.1, 0.15) is 119 Å². The van der Waals surface area contributed by atoms with Gasteiger partial charge >= 0.3 is 5.97 Å². The molecule has 0 spiro atoms. The van der Waals surface area contributed by atoms with Crippen LogP contribution < -0.4 is 15.8 Å². The first-order valence-electron chi connectivity index (χ1n) is 26.9. The number of halogens is 4. The molecule has 9 fully saturated rings. The molecule has 9 aliphatic rings. The number of carbonyl (C=O) groups excluding carboxylic acids is 2. The van der Waals surface area contributed by atoms with Crippen LogP contribution in [0.3, 0.4) is 0 Å². The standard InChI is InChI=1S/C25H36ClIN2O5.C21H31ClINO4Si.C10H19N/c1-12-16-8-15(25(16,3)4)9-18(12)28-24(32)22-20(13(2)31)19(11-30)34-29(22)10-14-6-7-17(26)21(27)23(14)33-5;1-12-14(8-9-15(22)18(12)23)10-24-19-17(13(2)27-20(19)25)16(28-24)11-26-29(6,7)21(3,4)5;1-6-8-4-7(5-9(6)11)10(8,2)3/h6-7,12-13,15-16,18-20,22,30-31H,8-11H2,1-5H3,(H,28,32);8-9,13,16-17,19H,10-11H2,1-7H3;6-9H,4-5,11H2,1-3H3/t12-,13-,15+,16-,18-,19-,20+,22?;13-,16-,17+,19-;6-,7+,8-,9-/m000/s1. The number of nitrogens with one attached hydrogen (secondary N) is 1. The molecule has 5 N–H and O–H groups in total. The minimum atomic E-state index is -1.91. The Morgan fingerprint density at radius 2 is 1.46 bits per heavy atom. The van der Waals surface area contributed by atoms with Crippen LogP contribution in [-0.2, 0) is 41.5 Å². The summed E-state index contributed by atoms with van der Waals surface area (Å²) in [4.78, 5) is 38.6. The Kier molecular flexibility index (Phi) is 19.1. The average Bonchev–Trinajstić information content (AvgIpc) is 3.99. The van der Waals surface area contributed by atoms with Crippen LogP contribution in [0.4, 0.5) is 0 Å². The molecule has 0 radical (unpaired) electrons. The number of rotatable bonds is 12. The predicted octanol–water partition coefficient (Wildman–Crippen LogP) is 11.0. The lowest BCUT2D eigenvalue weighted by molar-refractivity contribution is -0.195. The molecular formula is C56H86Cl2I2N4O9Si. The van der Waals surface area contributed by atoms with Gasteiger partial charge in [-0.15, -0.1) is 0 Å². The first-order valence-corrected chi connectivity index (χ1v) is 32.7. The Morgan fingerprint density at radius 3 is 1.99 bits per heavy atom. The van der Waals surface area contributed by atoms with E-state index in [1.807, 2.05) is 32.0 Å². The van der Waals surface area contributed by atoms with E-state index in [-0.39, 0.29) is 54.2 Å². The number of amides is 1. The van der Waals surface area contributed by atoms with Crippen molar-refractivity contribution in [2.45, 2.75) is 189 Å². The van der Waals surface area contributed by atoms with Crippen molar-refractivity contribution in [3.8, 4) is 5.75 Å². The summed E-state index contributed by atoms with van der Waals surface area (Å²) in [5.41, 5.74) is 9.97. The highest BCUT2D eigenvalue weighted by molar-refractivity contribution is 14.1. The molecule has 1 unspecified atom stereocenters. The van der Waals surface area contributed by atoms with Gasteiger partial charge in [-0.05, 0) is 179 Å². The van der Waals surface area contributed by atoms with E-state index in [9.17, 15) is 19.8 Å². The van der Waals surface area contributed by atoms with Crippen LogP contribution in [0.2, 0.25) is 28.2 Å². The molecule has 74 heavy (non-hydrogen) atoms. The zero-order valence-corrected chi connectivity index (χ0v) is 53.3. The lowest BCUT2D eigenvalue weighted by Crippen LogP contribution is -2.62. The topological polar surface area (TPSA) is 165 Å². The van der Waals surface area contributed by atoms with Crippen molar-refractivity contribution in [2.24, 2.45) is 63.9 Å². The number of cyclic esters (lactones) is 1. The maximum atomic E-state index is 13.7. The number of aliphatic hydroxyl groups is 2. The van der Waals surface area contributed by atoms with Crippen molar-refractivity contribution < 1.29 is 43.4 Å². The van der Waals surface area contributed by atoms with E-state index in [1.165, 1.54) is 19.3 Å². The number of fused-ring (bicyclic) bond motifs is 5. The number of hydrogen-bond donors (Lipinski definition) is 4. The molecule has 13 nitrogen and oxygen atoms in total. The van der Waals surface area contributed by atoms with Gasteiger partial charge in [-0.2, -0.15) is 10.1 Å². The highest BCUT2D eigenvalue weighted by atomic mass is 127. The summed E-state index contributed by atoms with van der Waals surface area (Å²) in [6.07, 6.45) is 3.03. The number of methoxy groups -OCH3 is 1. The van der Waals surface area contributed by atoms with Gasteiger partial charge in [-0.25, -0.2) is 0 Å². The number of carbonyl (C=O) groups is 2. The normalized spacial score (nSPS) is 35.2. The predicted molar refractivity (Wildman–Crippen MR) is 311 cm³/mol. The number of benzene rings is 2. The largest absolute Gasteiger partial charge is 0.495 e. The quantitative estimate of drug-likeness (QED) is 0.0904. The molecule has 3 saturated heterocycles. The summed E-state index contributed by atoms with van der Waals surface area (Å²) in [5.74, 6) is 3.87. The fraction of sp³-hybridized carbons (Fsp3) is 0.750. The number of hydrogen-bond acceptors (Lipinski definition) is 12. The Morgan fingerprint density at radius 1 is 0.905 bits per heavy atom. The van der Waals surface area contributed by atoms with Gasteiger partial charge in [0.2, 0.25) is 5.91 Å². The van der Waals surface area contributed by atoms with Crippen LogP contribution in [-0.4, -0.2) is 109 Å². The molecule has 6 saturated carbocycles. The van der Waals surface area contributed by atoms with Crippen LogP contribution >= 0.6 is 68.4 Å². The lowest BCUT2D eigenvalue weighted by atomic mass is 9.45. The van der Waals surface area contributed by atoms with Gasteiger partial charge in [-0.1, -0.05) is 97.6 Å². The number of nitrogens with two attached hydrogens (primary N) is 1. The van der Waals surface area contributed by atoms with Crippen molar-refractivity contribution in [3.63, 3.8) is 0 Å². The minimum absolute atomic E-state index is 0.0288. The molecule has 416 valence electrons. The number of aliphatic hydroxyl groups excluding tert-OH is 2. The monoisotopic (exact) mass is 1310 g/mol. The number of ether oxygens (including phenoxy) is 2. The van der Waals surface area contributed by atoms with E-state index >= 15 is 0 Å². The summed E-state index contributed by atoms with van der Waals surface area (Å²) >= 11 is 16.9. The molecule has 4 bridgehead atoms. The van der Waals surface area contributed by atoms with Gasteiger partial charge in [0.05, 0.1) is 59.1 Å². The number of hydroxylamine groups is 4. The molecule has 11 rings (SSSR count). The van der Waals surface area contributed by atoms with E-state index in [2.05, 4.69) is 126 Å². The van der Waals surface area contributed by atoms with Gasteiger partial charge in [0.1, 0.15) is 36.1 Å². The summed E-state index contributed by atoms with van der Waals surface area (Å²) in [6, 6.07) is 6.99. The maximum absolute atomic E-state index is 13.7. The fourth-order valence-electron chi connectivity index (χ4n) is 13.4. The van der Waals surface area contributed by atoms with Crippen molar-refractivity contribution in [1.82, 2.24) is 15.4 Å². The first-order chi connectivity index (χ1) is 34.4. The fourth-order valence-corrected chi connectivity index (χ4v) is 16.1. The molecule has 16 atom stereocenters. The smallest absolute Gasteiger partial charge is 0.326 e. The highest BCUT2D eigenvalue weighted by Gasteiger charge is 2.59. The second-order valence-electron chi connectivity index (χ2n) is 25.5. The molecule has 3 heterocycles. The van der Waals surface area contributed by atoms with Crippen molar-refractivity contribution in [3.05, 3.63) is 58.1 Å². The zero-order valence-electron chi connectivity index (χ0n) is 46.4. The lowest BCUT2D eigenvalue weighted by Gasteiger charge is -2.62. The van der Waals surface area contributed by atoms with Crippen LogP contribution in [0.25, 0.3) is 0 Å². The molecule has 6 aliphatic carbocycles. The summed E-state index contributed by atoms with van der Waals surface area (Å²) in [7, 11) is -0.332. The van der Waals surface area contributed by atoms with Crippen LogP contribution in [0.15, 0.2) is 24.3 Å². The van der Waals surface area contributed by atoms with Crippen molar-refractivity contribution >= 4 is 88.6 Å². The third-order valence-electron chi connectivity index (χ3n) is 19.8. The maximum Gasteiger partial charge on any atom is 0.326 e. The van der Waals surface area contributed by atoms with E-state index in [1.54, 1.807) is 30.2 Å². The van der Waals surface area contributed by atoms with Gasteiger partial charge in [0, 0.05) is 27.1 Å². The Bertz CT molecular complexity index is 2360. The molecular weight excluding hydrogens is 1230 g/mol. The van der Waals surface area contributed by atoms with Crippen molar-refractivity contribution in [2.75, 3.05) is 20.3 Å². The average molecular weight is 1310 g/mol. The number of esters is 1. The molecule has 2 aromatic rings. The SMILES string of the molecule is COc1c(CN2O[C@@H](CO)[C@@H]([C@H](C)O)C2C(=O)N[C@H]2C[C@H]3C[C@@H]([C@@H]2C)C3(C)C)ccc(Cl)c1I.C[C@@H]1[C@@H](N)C[C@H]2C[C@@H]1C2(C)C.Cc1c(CN2O[C@@H](CO[Si](C)(C)C(C)(C)C)[C@H]3[C@H](C)OC(=O)[C@H]32)ccc(Cl)c1I. The van der Waals surface area contributed by atoms with Crippen LogP contribution in [0, 0.1) is 72.2 Å². The zero-order chi connectivity index (χ0) is 54.9. The highest BCUT2D eigenvalue weighted by Crippen LogP contribution is 2.62. The van der Waals surface area contributed by atoms with Gasteiger partial charge in [0.25, 0.3) is 0 Å². The molecule has 3 aliphatic heterocycles. The van der Waals surface area contributed by atoms with Gasteiger partial charge < -0.3 is 35.2 Å². The summed E-state index contributed by atoms with van der Waals surface area (Å²) in [6.45, 7) is 31.8. The van der Waals surface area contributed by atoms with E-state index < -0.39 is 38.5 Å². The molecule has 18 heteroatoms. The first kappa shape index (κ1) is 60.8. The van der Waals surface area contributed by atoms with E-state index in [0.717, 1.165) is 53.0 Å². The molecule has 0 aromatic heterocycles. The Balaban J connectivity index is 0.000000180. The van der Waals surface area contributed by atoms with E-state index in [0.29, 0.717) is 58.5 Å². The minimum Gasteiger partial charge on any atom is -0.495 e. The Hall–Kier alpha value is -0.883. The van der Waals surface area contributed by atoms with Crippen molar-refractivity contribution in [1.29, 1.82) is 0 Å². The third kappa shape index (κ3) is 11.8. The van der Waals surface area contributed by atoms with Gasteiger partial charge in [0.15, 0.2) is 8.32 Å². The molecule has 1 amide bonds. The number of nitrogens with zero attached hydrogens (tertiary/aromatic N) is 2. The Labute approximate surface area is 480 Å². The van der Waals surface area contributed by atoms with Gasteiger partial charge in [-0.3, -0.25) is 19.3 Å². The second kappa shape index (κ2) is 23.3. The molecule has 2 aromatic carbocycles. The van der Waals surface area contributed by atoms with Crippen LogP contribution in [0.5, 0.6) is 5.75 Å². The second-order valence-corrected chi connectivity index (χ2v) is 33.3. The van der Waals surface area contributed by atoms with E-state index in [4.69, 9.17) is 52.5 Å².